The van der Waals surface area contributed by atoms with Crippen LogP contribution < -0.4 is 0 Å². The SMILES string of the molecule is CCN(CC(=O)N(C)C)C(=O)c1ccc(C(=O)O)cc1. The number of likely N-dealkylation sites (N-methyl/N-ethyl adjacent to an activating group) is 2. The topological polar surface area (TPSA) is 77.9 Å². The highest BCUT2D eigenvalue weighted by Crippen LogP contribution is 2.08. The van der Waals surface area contributed by atoms with Crippen LogP contribution in [0.4, 0.5) is 0 Å². The number of nitrogens with zero attached hydrogens (tertiary/aromatic N) is 2. The number of amides is 2. The second-order valence-electron chi connectivity index (χ2n) is 4.49. The summed E-state index contributed by atoms with van der Waals surface area (Å²) in [6.07, 6.45) is 0. The Bertz CT molecular complexity index is 508. The van der Waals surface area contributed by atoms with Gasteiger partial charge in [-0.1, -0.05) is 0 Å². The minimum Gasteiger partial charge on any atom is -0.478 e. The molecule has 0 atom stereocenters. The number of carboxylic acid groups (broad SMARTS) is 1. The summed E-state index contributed by atoms with van der Waals surface area (Å²) in [4.78, 5) is 37.5. The smallest absolute Gasteiger partial charge is 0.335 e. The molecule has 0 aromatic heterocycles. The average molecular weight is 278 g/mol. The molecular weight excluding hydrogens is 260 g/mol. The molecule has 0 spiro atoms. The van der Waals surface area contributed by atoms with Gasteiger partial charge in [0.15, 0.2) is 0 Å². The van der Waals surface area contributed by atoms with Crippen molar-refractivity contribution in [3.8, 4) is 0 Å². The second kappa shape index (κ2) is 6.70. The van der Waals surface area contributed by atoms with Crippen molar-refractivity contribution in [2.45, 2.75) is 6.92 Å². The Morgan fingerprint density at radius 3 is 1.95 bits per heavy atom. The summed E-state index contributed by atoms with van der Waals surface area (Å²) < 4.78 is 0. The summed E-state index contributed by atoms with van der Waals surface area (Å²) in [6, 6.07) is 5.65. The standard InChI is InChI=1S/C14H18N2O4/c1-4-16(9-12(17)15(2)3)13(18)10-5-7-11(8-6-10)14(19)20/h5-8H,4,9H2,1-3H3,(H,19,20). The maximum atomic E-state index is 12.2. The van der Waals surface area contributed by atoms with Crippen molar-refractivity contribution in [2.24, 2.45) is 0 Å². The van der Waals surface area contributed by atoms with Crippen molar-refractivity contribution in [1.29, 1.82) is 0 Å². The number of carbonyl (C=O) groups excluding carboxylic acids is 2. The van der Waals surface area contributed by atoms with E-state index in [-0.39, 0.29) is 23.9 Å². The molecule has 0 heterocycles. The zero-order valence-electron chi connectivity index (χ0n) is 11.8. The quantitative estimate of drug-likeness (QED) is 0.869. The van der Waals surface area contributed by atoms with E-state index in [1.165, 1.54) is 34.1 Å². The number of benzene rings is 1. The van der Waals surface area contributed by atoms with Gasteiger partial charge in [0.05, 0.1) is 12.1 Å². The molecule has 0 saturated carbocycles. The first kappa shape index (κ1) is 15.7. The van der Waals surface area contributed by atoms with E-state index in [2.05, 4.69) is 0 Å². The van der Waals surface area contributed by atoms with Gasteiger partial charge >= 0.3 is 5.97 Å². The third kappa shape index (κ3) is 3.81. The Kier molecular flexibility index (Phi) is 5.25. The van der Waals surface area contributed by atoms with Crippen LogP contribution in [0.25, 0.3) is 0 Å². The first-order valence-corrected chi connectivity index (χ1v) is 6.19. The summed E-state index contributed by atoms with van der Waals surface area (Å²) in [6.45, 7) is 2.19. The highest BCUT2D eigenvalue weighted by atomic mass is 16.4. The van der Waals surface area contributed by atoms with Gasteiger partial charge in [-0.05, 0) is 31.2 Å². The highest BCUT2D eigenvalue weighted by molar-refractivity contribution is 5.97. The molecule has 2 amide bonds. The summed E-state index contributed by atoms with van der Waals surface area (Å²) in [5.74, 6) is -1.50. The van der Waals surface area contributed by atoms with Crippen LogP contribution >= 0.6 is 0 Å². The Morgan fingerprint density at radius 2 is 1.55 bits per heavy atom. The van der Waals surface area contributed by atoms with E-state index in [1.54, 1.807) is 21.0 Å². The maximum absolute atomic E-state index is 12.2. The zero-order chi connectivity index (χ0) is 15.3. The lowest BCUT2D eigenvalue weighted by Crippen LogP contribution is -2.40. The van der Waals surface area contributed by atoms with Gasteiger partial charge in [0.25, 0.3) is 5.91 Å². The fourth-order valence-electron chi connectivity index (χ4n) is 1.57. The van der Waals surface area contributed by atoms with Crippen molar-refractivity contribution in [3.63, 3.8) is 0 Å². The average Bonchev–Trinajstić information content (AvgIpc) is 2.43. The van der Waals surface area contributed by atoms with Gasteiger partial charge in [0.1, 0.15) is 0 Å². The highest BCUT2D eigenvalue weighted by Gasteiger charge is 2.18. The van der Waals surface area contributed by atoms with E-state index in [9.17, 15) is 14.4 Å². The third-order valence-electron chi connectivity index (χ3n) is 2.87. The molecule has 0 saturated heterocycles. The fraction of sp³-hybridized carbons (Fsp3) is 0.357. The van der Waals surface area contributed by atoms with E-state index in [0.717, 1.165) is 0 Å². The first-order valence-electron chi connectivity index (χ1n) is 6.19. The summed E-state index contributed by atoms with van der Waals surface area (Å²) >= 11 is 0. The molecule has 0 radical (unpaired) electrons. The van der Waals surface area contributed by atoms with Crippen LogP contribution in [-0.2, 0) is 4.79 Å². The molecule has 108 valence electrons. The first-order chi connectivity index (χ1) is 9.36. The van der Waals surface area contributed by atoms with E-state index in [1.807, 2.05) is 0 Å². The molecule has 1 rings (SSSR count). The number of hydrogen-bond donors (Lipinski definition) is 1. The number of rotatable bonds is 5. The van der Waals surface area contributed by atoms with Crippen molar-refractivity contribution >= 4 is 17.8 Å². The van der Waals surface area contributed by atoms with E-state index >= 15 is 0 Å². The van der Waals surface area contributed by atoms with Gasteiger partial charge < -0.3 is 14.9 Å². The van der Waals surface area contributed by atoms with Crippen LogP contribution in [0, 0.1) is 0 Å². The lowest BCUT2D eigenvalue weighted by Gasteiger charge is -2.22. The molecule has 0 aliphatic rings. The molecule has 0 bridgehead atoms. The number of carboxylic acids is 1. The zero-order valence-corrected chi connectivity index (χ0v) is 11.8. The minimum absolute atomic E-state index is 0.00299. The molecule has 20 heavy (non-hydrogen) atoms. The molecule has 1 aromatic rings. The lowest BCUT2D eigenvalue weighted by atomic mass is 10.1. The van der Waals surface area contributed by atoms with Crippen molar-refractivity contribution in [1.82, 2.24) is 9.80 Å². The van der Waals surface area contributed by atoms with Gasteiger partial charge in [-0.3, -0.25) is 9.59 Å². The monoisotopic (exact) mass is 278 g/mol. The molecule has 0 unspecified atom stereocenters. The largest absolute Gasteiger partial charge is 0.478 e. The molecule has 1 N–H and O–H groups in total. The van der Waals surface area contributed by atoms with E-state index < -0.39 is 5.97 Å². The van der Waals surface area contributed by atoms with Crippen LogP contribution in [0.3, 0.4) is 0 Å². The fourth-order valence-corrected chi connectivity index (χ4v) is 1.57. The van der Waals surface area contributed by atoms with Gasteiger partial charge in [0.2, 0.25) is 5.91 Å². The second-order valence-corrected chi connectivity index (χ2v) is 4.49. The molecule has 1 aromatic carbocycles. The number of aromatic carboxylic acids is 1. The summed E-state index contributed by atoms with van der Waals surface area (Å²) in [5, 5.41) is 8.80. The van der Waals surface area contributed by atoms with Crippen molar-refractivity contribution < 1.29 is 19.5 Å². The molecule has 6 heteroatoms. The van der Waals surface area contributed by atoms with Crippen molar-refractivity contribution in [3.05, 3.63) is 35.4 Å². The Balaban J connectivity index is 2.85. The molecule has 0 aliphatic heterocycles. The Morgan fingerprint density at radius 1 is 1.05 bits per heavy atom. The van der Waals surface area contributed by atoms with Gasteiger partial charge in [0, 0.05) is 26.2 Å². The summed E-state index contributed by atoms with van der Waals surface area (Å²) in [5.41, 5.74) is 0.484. The van der Waals surface area contributed by atoms with E-state index in [0.29, 0.717) is 12.1 Å². The Hall–Kier alpha value is -2.37. The van der Waals surface area contributed by atoms with Crippen LogP contribution in [0.1, 0.15) is 27.6 Å². The normalized spacial score (nSPS) is 9.95. The molecule has 0 fully saturated rings. The van der Waals surface area contributed by atoms with Crippen LogP contribution in [0.5, 0.6) is 0 Å². The van der Waals surface area contributed by atoms with Crippen LogP contribution in [-0.4, -0.2) is 59.9 Å². The minimum atomic E-state index is -1.04. The van der Waals surface area contributed by atoms with E-state index in [4.69, 9.17) is 5.11 Å². The van der Waals surface area contributed by atoms with Crippen LogP contribution in [0.2, 0.25) is 0 Å². The Labute approximate surface area is 117 Å². The van der Waals surface area contributed by atoms with Crippen molar-refractivity contribution in [2.75, 3.05) is 27.2 Å². The summed E-state index contributed by atoms with van der Waals surface area (Å²) in [7, 11) is 3.25. The molecule has 0 aliphatic carbocycles. The predicted molar refractivity (Wildman–Crippen MR) is 73.7 cm³/mol. The lowest BCUT2D eigenvalue weighted by molar-refractivity contribution is -0.129. The number of hydrogen-bond acceptors (Lipinski definition) is 3. The van der Waals surface area contributed by atoms with Crippen LogP contribution in [0.15, 0.2) is 24.3 Å². The maximum Gasteiger partial charge on any atom is 0.335 e. The molecular formula is C14H18N2O4. The predicted octanol–water partition coefficient (Wildman–Crippen LogP) is 0.935. The van der Waals surface area contributed by atoms with Gasteiger partial charge in [-0.25, -0.2) is 4.79 Å². The number of carbonyl (C=O) groups is 3. The molecule has 6 nitrogen and oxygen atoms in total. The van der Waals surface area contributed by atoms with Gasteiger partial charge in [-0.15, -0.1) is 0 Å². The van der Waals surface area contributed by atoms with Gasteiger partial charge in [-0.2, -0.15) is 0 Å². The third-order valence-corrected chi connectivity index (χ3v) is 2.87.